The first-order valence-electron chi connectivity index (χ1n) is 8.11. The molecule has 0 aliphatic carbocycles. The van der Waals surface area contributed by atoms with Crippen molar-refractivity contribution in [1.82, 2.24) is 5.32 Å². The third-order valence-electron chi connectivity index (χ3n) is 3.85. The Morgan fingerprint density at radius 2 is 1.61 bits per heavy atom. The van der Waals surface area contributed by atoms with E-state index in [1.165, 1.54) is 16.7 Å². The predicted octanol–water partition coefficient (Wildman–Crippen LogP) is 2.92. The van der Waals surface area contributed by atoms with Crippen LogP contribution in [0.3, 0.4) is 0 Å². The molecule has 1 amide bonds. The van der Waals surface area contributed by atoms with Crippen molar-refractivity contribution in [2.45, 2.75) is 45.7 Å². The lowest BCUT2D eigenvalue weighted by atomic mass is 10.0. The van der Waals surface area contributed by atoms with Crippen molar-refractivity contribution in [3.8, 4) is 0 Å². The Bertz CT molecular complexity index is 632. The number of amides is 1. The Kier molecular flexibility index (Phi) is 5.94. The summed E-state index contributed by atoms with van der Waals surface area (Å²) in [5.74, 6) is -0.0919. The molecule has 0 aliphatic rings. The zero-order chi connectivity index (χ0) is 16.8. The summed E-state index contributed by atoms with van der Waals surface area (Å²) in [6.45, 7) is 6.20. The van der Waals surface area contributed by atoms with E-state index in [2.05, 4.69) is 37.4 Å². The summed E-state index contributed by atoms with van der Waals surface area (Å²) in [6, 6.07) is 15.9. The maximum absolute atomic E-state index is 12.2. The van der Waals surface area contributed by atoms with Crippen LogP contribution < -0.4 is 11.1 Å². The van der Waals surface area contributed by atoms with Gasteiger partial charge in [0.2, 0.25) is 5.91 Å². The van der Waals surface area contributed by atoms with Crippen molar-refractivity contribution in [1.29, 1.82) is 0 Å². The number of hydrogen-bond acceptors (Lipinski definition) is 2. The summed E-state index contributed by atoms with van der Waals surface area (Å²) >= 11 is 0. The van der Waals surface area contributed by atoms with Crippen LogP contribution >= 0.6 is 0 Å². The maximum Gasteiger partial charge on any atom is 0.237 e. The SMILES string of the molecule is Cc1cc(C)cc(CC(C)NC(=O)[C@@H](N)Cc2ccccc2)c1. The normalized spacial score (nSPS) is 13.4. The zero-order valence-corrected chi connectivity index (χ0v) is 14.2. The average Bonchev–Trinajstić information content (AvgIpc) is 2.46. The van der Waals surface area contributed by atoms with Crippen LogP contribution in [0.5, 0.6) is 0 Å². The minimum atomic E-state index is -0.515. The van der Waals surface area contributed by atoms with Gasteiger partial charge in [-0.25, -0.2) is 0 Å². The molecule has 0 aliphatic heterocycles. The minimum absolute atomic E-state index is 0.0607. The fraction of sp³-hybridized carbons (Fsp3) is 0.350. The Labute approximate surface area is 138 Å². The standard InChI is InChI=1S/C20H26N2O/c1-14-9-15(2)11-18(10-14)12-16(3)22-20(23)19(21)13-17-7-5-4-6-8-17/h4-11,16,19H,12-13,21H2,1-3H3,(H,22,23)/t16?,19-/m0/s1. The maximum atomic E-state index is 12.2. The first-order chi connectivity index (χ1) is 10.9. The topological polar surface area (TPSA) is 55.1 Å². The Morgan fingerprint density at radius 1 is 1.00 bits per heavy atom. The molecule has 122 valence electrons. The highest BCUT2D eigenvalue weighted by Crippen LogP contribution is 2.11. The summed E-state index contributed by atoms with van der Waals surface area (Å²) in [6.07, 6.45) is 1.37. The Hall–Kier alpha value is -2.13. The third-order valence-corrected chi connectivity index (χ3v) is 3.85. The molecule has 0 spiro atoms. The molecule has 3 heteroatoms. The van der Waals surface area contributed by atoms with E-state index in [0.29, 0.717) is 6.42 Å². The molecular weight excluding hydrogens is 284 g/mol. The van der Waals surface area contributed by atoms with Crippen LogP contribution in [0, 0.1) is 13.8 Å². The second-order valence-corrected chi connectivity index (χ2v) is 6.41. The number of rotatable bonds is 6. The van der Waals surface area contributed by atoms with Crippen molar-refractivity contribution in [2.24, 2.45) is 5.73 Å². The molecular formula is C20H26N2O. The van der Waals surface area contributed by atoms with Gasteiger partial charge in [-0.15, -0.1) is 0 Å². The molecule has 0 heterocycles. The van der Waals surface area contributed by atoms with Gasteiger partial charge in [-0.05, 0) is 44.7 Å². The molecule has 3 N–H and O–H groups in total. The number of nitrogens with two attached hydrogens (primary N) is 1. The van der Waals surface area contributed by atoms with Gasteiger partial charge in [0.25, 0.3) is 0 Å². The summed E-state index contributed by atoms with van der Waals surface area (Å²) in [5, 5.41) is 3.02. The quantitative estimate of drug-likeness (QED) is 0.862. The second-order valence-electron chi connectivity index (χ2n) is 6.41. The van der Waals surface area contributed by atoms with Crippen molar-refractivity contribution < 1.29 is 4.79 Å². The van der Waals surface area contributed by atoms with Gasteiger partial charge in [0.15, 0.2) is 0 Å². The van der Waals surface area contributed by atoms with E-state index in [1.807, 2.05) is 37.3 Å². The molecule has 3 nitrogen and oxygen atoms in total. The van der Waals surface area contributed by atoms with Crippen LogP contribution in [-0.2, 0) is 17.6 Å². The lowest BCUT2D eigenvalue weighted by Crippen LogP contribution is -2.46. The lowest BCUT2D eigenvalue weighted by Gasteiger charge is -2.18. The van der Waals surface area contributed by atoms with Crippen LogP contribution in [-0.4, -0.2) is 18.0 Å². The first kappa shape index (κ1) is 17.2. The van der Waals surface area contributed by atoms with Crippen molar-refractivity contribution in [3.05, 3.63) is 70.8 Å². The zero-order valence-electron chi connectivity index (χ0n) is 14.2. The molecule has 0 saturated heterocycles. The predicted molar refractivity (Wildman–Crippen MR) is 95.3 cm³/mol. The van der Waals surface area contributed by atoms with Crippen LogP contribution in [0.1, 0.15) is 29.2 Å². The van der Waals surface area contributed by atoms with E-state index in [0.717, 1.165) is 12.0 Å². The highest BCUT2D eigenvalue weighted by atomic mass is 16.2. The highest BCUT2D eigenvalue weighted by molar-refractivity contribution is 5.82. The van der Waals surface area contributed by atoms with E-state index >= 15 is 0 Å². The monoisotopic (exact) mass is 310 g/mol. The molecule has 23 heavy (non-hydrogen) atoms. The molecule has 0 aromatic heterocycles. The van der Waals surface area contributed by atoms with E-state index < -0.39 is 6.04 Å². The van der Waals surface area contributed by atoms with E-state index in [1.54, 1.807) is 0 Å². The van der Waals surface area contributed by atoms with Crippen molar-refractivity contribution in [2.75, 3.05) is 0 Å². The van der Waals surface area contributed by atoms with Gasteiger partial charge < -0.3 is 11.1 Å². The Balaban J connectivity index is 1.88. The fourth-order valence-corrected chi connectivity index (χ4v) is 2.90. The summed E-state index contributed by atoms with van der Waals surface area (Å²) in [7, 11) is 0. The molecule has 0 saturated carbocycles. The first-order valence-corrected chi connectivity index (χ1v) is 8.11. The van der Waals surface area contributed by atoms with E-state index in [4.69, 9.17) is 5.73 Å². The molecule has 0 radical (unpaired) electrons. The van der Waals surface area contributed by atoms with Crippen molar-refractivity contribution in [3.63, 3.8) is 0 Å². The molecule has 2 atom stereocenters. The van der Waals surface area contributed by atoms with Gasteiger partial charge >= 0.3 is 0 Å². The van der Waals surface area contributed by atoms with Gasteiger partial charge in [-0.3, -0.25) is 4.79 Å². The molecule has 0 fully saturated rings. The Morgan fingerprint density at radius 3 is 2.22 bits per heavy atom. The smallest absolute Gasteiger partial charge is 0.237 e. The summed E-state index contributed by atoms with van der Waals surface area (Å²) < 4.78 is 0. The largest absolute Gasteiger partial charge is 0.352 e. The van der Waals surface area contributed by atoms with Crippen LogP contribution in [0.15, 0.2) is 48.5 Å². The molecule has 2 rings (SSSR count). The van der Waals surface area contributed by atoms with Gasteiger partial charge in [0.05, 0.1) is 6.04 Å². The molecule has 2 aromatic rings. The van der Waals surface area contributed by atoms with Crippen LogP contribution in [0.4, 0.5) is 0 Å². The number of hydrogen-bond donors (Lipinski definition) is 2. The molecule has 2 aromatic carbocycles. The third kappa shape index (κ3) is 5.53. The number of carbonyl (C=O) groups is 1. The minimum Gasteiger partial charge on any atom is -0.352 e. The molecule has 0 bridgehead atoms. The van der Waals surface area contributed by atoms with Gasteiger partial charge in [0, 0.05) is 6.04 Å². The number of carbonyl (C=O) groups excluding carboxylic acids is 1. The average molecular weight is 310 g/mol. The second kappa shape index (κ2) is 7.93. The summed E-state index contributed by atoms with van der Waals surface area (Å²) in [4.78, 5) is 12.2. The van der Waals surface area contributed by atoms with Crippen LogP contribution in [0.2, 0.25) is 0 Å². The summed E-state index contributed by atoms with van der Waals surface area (Å²) in [5.41, 5.74) is 10.8. The van der Waals surface area contributed by atoms with Gasteiger partial charge in [-0.2, -0.15) is 0 Å². The highest BCUT2D eigenvalue weighted by Gasteiger charge is 2.16. The van der Waals surface area contributed by atoms with Crippen LogP contribution in [0.25, 0.3) is 0 Å². The van der Waals surface area contributed by atoms with Gasteiger partial charge in [-0.1, -0.05) is 59.7 Å². The van der Waals surface area contributed by atoms with Crippen molar-refractivity contribution >= 4 is 5.91 Å². The van der Waals surface area contributed by atoms with Gasteiger partial charge in [0.1, 0.15) is 0 Å². The lowest BCUT2D eigenvalue weighted by molar-refractivity contribution is -0.122. The number of aryl methyl sites for hydroxylation is 2. The number of benzene rings is 2. The molecule has 1 unspecified atom stereocenters. The fourth-order valence-electron chi connectivity index (χ4n) is 2.90. The van der Waals surface area contributed by atoms with E-state index in [-0.39, 0.29) is 11.9 Å². The number of nitrogens with one attached hydrogen (secondary N) is 1. The van der Waals surface area contributed by atoms with E-state index in [9.17, 15) is 4.79 Å².